The Bertz CT molecular complexity index is 784. The highest BCUT2D eigenvalue weighted by Gasteiger charge is 2.08. The number of aryl methyl sites for hydroxylation is 1. The van der Waals surface area contributed by atoms with Gasteiger partial charge in [0.2, 0.25) is 5.91 Å². The van der Waals surface area contributed by atoms with Gasteiger partial charge in [-0.3, -0.25) is 4.79 Å². The van der Waals surface area contributed by atoms with E-state index in [4.69, 9.17) is 4.42 Å². The average molecular weight is 312 g/mol. The van der Waals surface area contributed by atoms with Crippen LogP contribution < -0.4 is 5.32 Å². The third-order valence-electron chi connectivity index (χ3n) is 3.25. The Morgan fingerprint density at radius 1 is 1.27 bits per heavy atom. The Balaban J connectivity index is 1.61. The monoisotopic (exact) mass is 312 g/mol. The van der Waals surface area contributed by atoms with Gasteiger partial charge in [0.05, 0.1) is 24.1 Å². The molecule has 0 aliphatic heterocycles. The van der Waals surface area contributed by atoms with Crippen LogP contribution in [0.1, 0.15) is 11.3 Å². The van der Waals surface area contributed by atoms with Crippen LogP contribution in [0.3, 0.4) is 0 Å². The molecule has 2 heterocycles. The number of furan rings is 1. The molecule has 5 heteroatoms. The number of carbonyl (C=O) groups is 1. The molecule has 1 N–H and O–H groups in total. The summed E-state index contributed by atoms with van der Waals surface area (Å²) < 4.78 is 5.18. The van der Waals surface area contributed by atoms with Crippen molar-refractivity contribution in [1.29, 1.82) is 0 Å². The smallest absolute Gasteiger partial charge is 0.230 e. The highest BCUT2D eigenvalue weighted by Crippen LogP contribution is 2.24. The first kappa shape index (κ1) is 14.7. The van der Waals surface area contributed by atoms with Crippen LogP contribution in [0.25, 0.3) is 10.9 Å². The van der Waals surface area contributed by atoms with Crippen LogP contribution in [0.5, 0.6) is 0 Å². The first-order valence-corrected chi connectivity index (χ1v) is 7.99. The second-order valence-corrected chi connectivity index (χ2v) is 5.91. The standard InChI is InChI=1S/C17H16N2O2S/c1-12-9-13-5-2-3-7-15(13)19-17(12)22-11-16(20)18-10-14-6-4-8-21-14/h2-9H,10-11H2,1H3,(H,18,20). The minimum atomic E-state index is -0.0317. The van der Waals surface area contributed by atoms with Crippen LogP contribution in [0.2, 0.25) is 0 Å². The third kappa shape index (κ3) is 3.49. The average Bonchev–Trinajstić information content (AvgIpc) is 3.04. The molecule has 0 aliphatic carbocycles. The predicted octanol–water partition coefficient (Wildman–Crippen LogP) is 3.54. The summed E-state index contributed by atoms with van der Waals surface area (Å²) >= 11 is 1.45. The number of nitrogens with one attached hydrogen (secondary N) is 1. The van der Waals surface area contributed by atoms with Gasteiger partial charge in [0.15, 0.2) is 0 Å². The van der Waals surface area contributed by atoms with Gasteiger partial charge in [0.25, 0.3) is 0 Å². The molecule has 22 heavy (non-hydrogen) atoms. The van der Waals surface area contributed by atoms with Crippen LogP contribution >= 0.6 is 11.8 Å². The van der Waals surface area contributed by atoms with E-state index in [0.29, 0.717) is 12.3 Å². The minimum Gasteiger partial charge on any atom is -0.467 e. The molecule has 0 saturated carbocycles. The molecule has 1 aromatic carbocycles. The van der Waals surface area contributed by atoms with E-state index in [1.807, 2.05) is 37.3 Å². The summed E-state index contributed by atoms with van der Waals surface area (Å²) in [6, 6.07) is 13.7. The minimum absolute atomic E-state index is 0.0317. The normalized spacial score (nSPS) is 10.8. The quantitative estimate of drug-likeness (QED) is 0.732. The van der Waals surface area contributed by atoms with Gasteiger partial charge in [-0.15, -0.1) is 0 Å². The molecule has 4 nitrogen and oxygen atoms in total. The molecule has 0 bridgehead atoms. The lowest BCUT2D eigenvalue weighted by atomic mass is 10.2. The van der Waals surface area contributed by atoms with Crippen LogP contribution in [0.4, 0.5) is 0 Å². The lowest BCUT2D eigenvalue weighted by Crippen LogP contribution is -2.24. The molecule has 0 aliphatic rings. The maximum absolute atomic E-state index is 11.9. The number of carbonyl (C=O) groups excluding carboxylic acids is 1. The van der Waals surface area contributed by atoms with E-state index in [9.17, 15) is 4.79 Å². The Morgan fingerprint density at radius 2 is 2.14 bits per heavy atom. The van der Waals surface area contributed by atoms with E-state index < -0.39 is 0 Å². The van der Waals surface area contributed by atoms with Crippen molar-refractivity contribution < 1.29 is 9.21 Å². The number of nitrogens with zero attached hydrogens (tertiary/aromatic N) is 1. The van der Waals surface area contributed by atoms with Crippen LogP contribution in [0, 0.1) is 6.92 Å². The molecule has 0 unspecified atom stereocenters. The van der Waals surface area contributed by atoms with Crippen molar-refractivity contribution in [2.24, 2.45) is 0 Å². The molecule has 0 saturated heterocycles. The SMILES string of the molecule is Cc1cc2ccccc2nc1SCC(=O)NCc1ccco1. The van der Waals surface area contributed by atoms with Gasteiger partial charge in [0, 0.05) is 5.39 Å². The second-order valence-electron chi connectivity index (χ2n) is 4.95. The fourth-order valence-electron chi connectivity index (χ4n) is 2.13. The van der Waals surface area contributed by atoms with Crippen LogP contribution in [-0.2, 0) is 11.3 Å². The van der Waals surface area contributed by atoms with Gasteiger partial charge in [-0.25, -0.2) is 4.98 Å². The van der Waals surface area contributed by atoms with Crippen molar-refractivity contribution in [3.8, 4) is 0 Å². The molecular weight excluding hydrogens is 296 g/mol. The number of aromatic nitrogens is 1. The molecule has 2 aromatic heterocycles. The maximum atomic E-state index is 11.9. The number of benzene rings is 1. The summed E-state index contributed by atoms with van der Waals surface area (Å²) in [6.07, 6.45) is 1.60. The molecular formula is C17H16N2O2S. The van der Waals surface area contributed by atoms with E-state index in [-0.39, 0.29) is 5.91 Å². The zero-order valence-electron chi connectivity index (χ0n) is 12.2. The molecule has 3 aromatic rings. The Hall–Kier alpha value is -2.27. The van der Waals surface area contributed by atoms with E-state index in [1.165, 1.54) is 11.8 Å². The summed E-state index contributed by atoms with van der Waals surface area (Å²) in [5.41, 5.74) is 2.04. The maximum Gasteiger partial charge on any atom is 0.230 e. The van der Waals surface area contributed by atoms with Crippen molar-refractivity contribution in [2.45, 2.75) is 18.5 Å². The Kier molecular flexibility index (Phi) is 4.44. The van der Waals surface area contributed by atoms with Gasteiger partial charge in [0.1, 0.15) is 10.8 Å². The number of thioether (sulfide) groups is 1. The fourth-order valence-corrected chi connectivity index (χ4v) is 2.95. The van der Waals surface area contributed by atoms with Gasteiger partial charge in [-0.05, 0) is 36.8 Å². The Labute approximate surface area is 132 Å². The number of amides is 1. The molecule has 1 amide bonds. The van der Waals surface area contributed by atoms with E-state index in [2.05, 4.69) is 16.4 Å². The largest absolute Gasteiger partial charge is 0.467 e. The van der Waals surface area contributed by atoms with Gasteiger partial charge in [-0.1, -0.05) is 30.0 Å². The first-order valence-electron chi connectivity index (χ1n) is 7.00. The lowest BCUT2D eigenvalue weighted by molar-refractivity contribution is -0.118. The molecule has 112 valence electrons. The highest BCUT2D eigenvalue weighted by atomic mass is 32.2. The summed E-state index contributed by atoms with van der Waals surface area (Å²) in [7, 11) is 0. The Morgan fingerprint density at radius 3 is 2.95 bits per heavy atom. The third-order valence-corrected chi connectivity index (χ3v) is 4.34. The van der Waals surface area contributed by atoms with Crippen molar-refractivity contribution in [1.82, 2.24) is 10.3 Å². The van der Waals surface area contributed by atoms with Crippen molar-refractivity contribution in [3.05, 3.63) is 60.1 Å². The van der Waals surface area contributed by atoms with Crippen molar-refractivity contribution in [3.63, 3.8) is 0 Å². The van der Waals surface area contributed by atoms with E-state index in [0.717, 1.165) is 27.3 Å². The predicted molar refractivity (Wildman–Crippen MR) is 87.8 cm³/mol. The molecule has 0 atom stereocenters. The molecule has 3 rings (SSSR count). The van der Waals surface area contributed by atoms with Crippen molar-refractivity contribution in [2.75, 3.05) is 5.75 Å². The lowest BCUT2D eigenvalue weighted by Gasteiger charge is -2.07. The summed E-state index contributed by atoms with van der Waals surface area (Å²) in [6.45, 7) is 2.43. The number of hydrogen-bond donors (Lipinski definition) is 1. The van der Waals surface area contributed by atoms with E-state index in [1.54, 1.807) is 12.3 Å². The second kappa shape index (κ2) is 6.66. The zero-order chi connectivity index (χ0) is 15.4. The summed E-state index contributed by atoms with van der Waals surface area (Å²) in [5.74, 6) is 1.06. The number of pyridine rings is 1. The van der Waals surface area contributed by atoms with Crippen molar-refractivity contribution >= 4 is 28.6 Å². The zero-order valence-corrected chi connectivity index (χ0v) is 13.0. The number of hydrogen-bond acceptors (Lipinski definition) is 4. The highest BCUT2D eigenvalue weighted by molar-refractivity contribution is 7.99. The van der Waals surface area contributed by atoms with Gasteiger partial charge >= 0.3 is 0 Å². The fraction of sp³-hybridized carbons (Fsp3) is 0.176. The van der Waals surface area contributed by atoms with E-state index >= 15 is 0 Å². The van der Waals surface area contributed by atoms with Crippen LogP contribution in [0.15, 0.2) is 58.2 Å². The summed E-state index contributed by atoms with van der Waals surface area (Å²) in [5, 5.41) is 4.84. The van der Waals surface area contributed by atoms with Gasteiger partial charge < -0.3 is 9.73 Å². The molecule has 0 spiro atoms. The molecule has 0 fully saturated rings. The number of fused-ring (bicyclic) bond motifs is 1. The number of rotatable bonds is 5. The number of para-hydroxylation sites is 1. The molecule has 0 radical (unpaired) electrons. The van der Waals surface area contributed by atoms with Crippen LogP contribution in [-0.4, -0.2) is 16.6 Å². The summed E-state index contributed by atoms with van der Waals surface area (Å²) in [4.78, 5) is 16.5. The topological polar surface area (TPSA) is 55.1 Å². The first-order chi connectivity index (χ1) is 10.7. The van der Waals surface area contributed by atoms with Gasteiger partial charge in [-0.2, -0.15) is 0 Å².